The Morgan fingerprint density at radius 3 is 2.56 bits per heavy atom. The largest absolute Gasteiger partial charge is 0.366 e. The Kier molecular flexibility index (Phi) is 6.01. The Balaban J connectivity index is 1.58. The molecule has 188 valence electrons. The van der Waals surface area contributed by atoms with Crippen molar-refractivity contribution >= 4 is 44.8 Å². The van der Waals surface area contributed by atoms with Gasteiger partial charge in [0, 0.05) is 38.3 Å². The molecule has 36 heavy (non-hydrogen) atoms. The maximum Gasteiger partial charge on any atom is 0.243 e. The van der Waals surface area contributed by atoms with E-state index in [0.29, 0.717) is 67.3 Å². The molecule has 0 aromatic carbocycles. The van der Waals surface area contributed by atoms with E-state index in [0.717, 1.165) is 11.3 Å². The molecule has 0 spiro atoms. The number of fused-ring (bicyclic) bond motifs is 1. The van der Waals surface area contributed by atoms with E-state index in [4.69, 9.17) is 0 Å². The number of sulfonamides is 1. The smallest absolute Gasteiger partial charge is 0.243 e. The van der Waals surface area contributed by atoms with Gasteiger partial charge in [-0.15, -0.1) is 10.2 Å². The van der Waals surface area contributed by atoms with E-state index in [9.17, 15) is 23.3 Å². The van der Waals surface area contributed by atoms with Crippen LogP contribution in [-0.2, 0) is 14.8 Å². The first-order chi connectivity index (χ1) is 17.2. The Morgan fingerprint density at radius 1 is 1.25 bits per heavy atom. The summed E-state index contributed by atoms with van der Waals surface area (Å²) in [7, 11) is -4.03. The average molecular weight is 529 g/mol. The van der Waals surface area contributed by atoms with Crippen molar-refractivity contribution in [1.82, 2.24) is 29.2 Å². The zero-order valence-electron chi connectivity index (χ0n) is 19.7. The Labute approximate surface area is 211 Å². The maximum absolute atomic E-state index is 13.3. The van der Waals surface area contributed by atoms with Crippen molar-refractivity contribution in [1.29, 1.82) is 5.26 Å². The number of anilines is 1. The van der Waals surface area contributed by atoms with Crippen molar-refractivity contribution in [3.63, 3.8) is 0 Å². The van der Waals surface area contributed by atoms with Crippen molar-refractivity contribution < 1.29 is 18.0 Å². The van der Waals surface area contributed by atoms with Gasteiger partial charge in [0.1, 0.15) is 10.4 Å². The highest BCUT2D eigenvalue weighted by molar-refractivity contribution is 7.89. The molecular weight excluding hydrogens is 504 g/mol. The molecule has 14 heteroatoms. The number of carbonyl (C=O) groups excluding carboxylic acids is 2. The second-order valence-corrected chi connectivity index (χ2v) is 11.9. The molecule has 1 saturated carbocycles. The number of pyridine rings is 1. The lowest BCUT2D eigenvalue weighted by Gasteiger charge is -2.37. The van der Waals surface area contributed by atoms with Crippen molar-refractivity contribution in [2.75, 3.05) is 31.1 Å². The molecule has 1 aliphatic heterocycles. The van der Waals surface area contributed by atoms with Crippen LogP contribution >= 0.6 is 11.3 Å². The molecule has 1 aliphatic carbocycles. The van der Waals surface area contributed by atoms with Crippen LogP contribution in [0.4, 0.5) is 5.69 Å². The van der Waals surface area contributed by atoms with E-state index in [-0.39, 0.29) is 21.7 Å². The van der Waals surface area contributed by atoms with Crippen molar-refractivity contribution in [2.24, 2.45) is 5.92 Å². The molecule has 0 bridgehead atoms. The highest BCUT2D eigenvalue weighted by Gasteiger charge is 2.47. The summed E-state index contributed by atoms with van der Waals surface area (Å²) in [6.45, 7) is 5.78. The number of amides is 1. The summed E-state index contributed by atoms with van der Waals surface area (Å²) >= 11 is 1.05. The first-order valence-corrected chi connectivity index (χ1v) is 13.8. The lowest BCUT2D eigenvalue weighted by atomic mass is 10.1. The van der Waals surface area contributed by atoms with Crippen molar-refractivity contribution in [2.45, 2.75) is 37.1 Å². The van der Waals surface area contributed by atoms with Gasteiger partial charge in [0.05, 0.1) is 23.5 Å². The number of hydrogen-bond acceptors (Lipinski definition) is 10. The van der Waals surface area contributed by atoms with Crippen LogP contribution in [0.5, 0.6) is 0 Å². The van der Waals surface area contributed by atoms with Gasteiger partial charge in [-0.1, -0.05) is 25.2 Å². The molecule has 12 nitrogen and oxygen atoms in total. The van der Waals surface area contributed by atoms with Gasteiger partial charge in [-0.3, -0.25) is 14.0 Å². The highest BCUT2D eigenvalue weighted by atomic mass is 32.2. The average Bonchev–Trinajstić information content (AvgIpc) is 3.27. The number of aldehydes is 1. The number of nitrogens with one attached hydrogen (secondary N) is 1. The van der Waals surface area contributed by atoms with Crippen LogP contribution in [0.25, 0.3) is 16.3 Å². The van der Waals surface area contributed by atoms with Gasteiger partial charge < -0.3 is 9.80 Å². The van der Waals surface area contributed by atoms with Crippen molar-refractivity contribution in [3.8, 4) is 16.9 Å². The van der Waals surface area contributed by atoms with E-state index in [1.807, 2.05) is 23.6 Å². The zero-order valence-corrected chi connectivity index (χ0v) is 21.3. The molecule has 0 unspecified atom stereocenters. The standard InChI is InChI=1S/C22H24N8O4S2/c1-14(2)21(32)29-7-5-28(6-8-29)16-9-15(36(33,34)27-22(13-23)3-4-22)11-30-17(16)10-24-19(30)20-26-25-18(12-31)35-20/h9-12,14,27H,3-8H2,1-2H3. The normalized spacial score (nSPS) is 17.4. The highest BCUT2D eigenvalue weighted by Crippen LogP contribution is 2.37. The summed E-state index contributed by atoms with van der Waals surface area (Å²) in [5.74, 6) is 0.336. The number of piperazine rings is 1. The molecule has 0 radical (unpaired) electrons. The minimum absolute atomic E-state index is 0.0217. The monoisotopic (exact) mass is 528 g/mol. The minimum Gasteiger partial charge on any atom is -0.366 e. The predicted octanol–water partition coefficient (Wildman–Crippen LogP) is 1.30. The Hall–Kier alpha value is -3.41. The molecule has 4 heterocycles. The van der Waals surface area contributed by atoms with Crippen molar-refractivity contribution in [3.05, 3.63) is 23.5 Å². The van der Waals surface area contributed by atoms with Crippen LogP contribution in [-0.4, -0.2) is 76.8 Å². The fourth-order valence-electron chi connectivity index (χ4n) is 4.20. The number of nitrogens with zero attached hydrogens (tertiary/aromatic N) is 7. The minimum atomic E-state index is -4.03. The van der Waals surface area contributed by atoms with Gasteiger partial charge in [-0.25, -0.2) is 13.4 Å². The second-order valence-electron chi connectivity index (χ2n) is 9.23. The summed E-state index contributed by atoms with van der Waals surface area (Å²) in [6, 6.07) is 3.63. The lowest BCUT2D eigenvalue weighted by molar-refractivity contribution is -0.134. The van der Waals surface area contributed by atoms with Crippen LogP contribution < -0.4 is 9.62 Å². The van der Waals surface area contributed by atoms with Gasteiger partial charge >= 0.3 is 0 Å². The number of hydrogen-bond donors (Lipinski definition) is 1. The number of carbonyl (C=O) groups is 2. The van der Waals surface area contributed by atoms with Crippen LogP contribution in [0.3, 0.4) is 0 Å². The summed E-state index contributed by atoms with van der Waals surface area (Å²) in [5.41, 5.74) is 0.208. The first-order valence-electron chi connectivity index (χ1n) is 11.5. The van der Waals surface area contributed by atoms with Gasteiger partial charge in [-0.05, 0) is 18.9 Å². The number of aromatic nitrogens is 4. The van der Waals surface area contributed by atoms with E-state index >= 15 is 0 Å². The summed E-state index contributed by atoms with van der Waals surface area (Å²) in [5, 5.41) is 17.8. The predicted molar refractivity (Wildman–Crippen MR) is 131 cm³/mol. The van der Waals surface area contributed by atoms with Gasteiger partial charge in [0.2, 0.25) is 15.9 Å². The molecule has 0 atom stereocenters. The molecule has 5 rings (SSSR count). The molecule has 2 fully saturated rings. The fourth-order valence-corrected chi connectivity index (χ4v) is 6.24. The van der Waals surface area contributed by atoms with Gasteiger partial charge in [0.25, 0.3) is 0 Å². The number of rotatable bonds is 7. The van der Waals surface area contributed by atoms with E-state index in [1.54, 1.807) is 16.7 Å². The van der Waals surface area contributed by atoms with Crippen LogP contribution in [0, 0.1) is 17.2 Å². The molecule has 1 saturated heterocycles. The summed E-state index contributed by atoms with van der Waals surface area (Å²) in [4.78, 5) is 31.8. The molecule has 2 aliphatic rings. The molecular formula is C22H24N8O4S2. The lowest BCUT2D eigenvalue weighted by Crippen LogP contribution is -2.50. The fraction of sp³-hybridized carbons (Fsp3) is 0.455. The Morgan fingerprint density at radius 2 is 1.97 bits per heavy atom. The van der Waals surface area contributed by atoms with Crippen LogP contribution in [0.2, 0.25) is 0 Å². The van der Waals surface area contributed by atoms with Crippen LogP contribution in [0.1, 0.15) is 36.5 Å². The molecule has 3 aromatic heterocycles. The zero-order chi connectivity index (χ0) is 25.7. The number of imidazole rings is 1. The second kappa shape index (κ2) is 8.91. The SMILES string of the molecule is CC(C)C(=O)N1CCN(c2cc(S(=O)(=O)NC3(C#N)CC3)cn3c(-c4nnc(C=O)s4)ncc23)CC1. The topological polar surface area (TPSA) is 154 Å². The number of nitriles is 1. The maximum atomic E-state index is 13.3. The van der Waals surface area contributed by atoms with E-state index < -0.39 is 15.6 Å². The van der Waals surface area contributed by atoms with Crippen LogP contribution in [0.15, 0.2) is 23.4 Å². The summed E-state index contributed by atoms with van der Waals surface area (Å²) < 4.78 is 30.8. The first kappa shape index (κ1) is 24.3. The van der Waals surface area contributed by atoms with Gasteiger partial charge in [-0.2, -0.15) is 9.98 Å². The summed E-state index contributed by atoms with van der Waals surface area (Å²) in [6.07, 6.45) is 4.58. The Bertz CT molecular complexity index is 1490. The third-order valence-electron chi connectivity index (χ3n) is 6.36. The third-order valence-corrected chi connectivity index (χ3v) is 8.71. The molecule has 1 N–H and O–H groups in total. The van der Waals surface area contributed by atoms with E-state index in [2.05, 4.69) is 26.0 Å². The quantitative estimate of drug-likeness (QED) is 0.447. The third kappa shape index (κ3) is 4.34. The van der Waals surface area contributed by atoms with E-state index in [1.165, 1.54) is 6.20 Å². The molecule has 3 aromatic rings. The van der Waals surface area contributed by atoms with Gasteiger partial charge in [0.15, 0.2) is 22.1 Å². The molecule has 1 amide bonds.